The largest absolute Gasteiger partial charge is 0.332 e. The van der Waals surface area contributed by atoms with Crippen molar-refractivity contribution < 1.29 is 0 Å². The second-order valence-corrected chi connectivity index (χ2v) is 16.1. The van der Waals surface area contributed by atoms with Crippen LogP contribution < -0.4 is 4.90 Å². The Labute approximate surface area is 328 Å². The molecule has 2 atom stereocenters. The molecule has 0 bridgehead atoms. The summed E-state index contributed by atoms with van der Waals surface area (Å²) in [6, 6.07) is 63.9. The third-order valence-electron chi connectivity index (χ3n) is 13.3. The molecule has 3 nitrogen and oxygen atoms in total. The maximum absolute atomic E-state index is 2.58. The Morgan fingerprint density at radius 1 is 0.421 bits per heavy atom. The van der Waals surface area contributed by atoms with E-state index in [2.05, 4.69) is 202 Å². The molecule has 14 rings (SSSR count). The molecule has 0 amide bonds. The molecule has 3 aliphatic rings. The molecular formula is C54H33N3. The number of benzene rings is 8. The molecule has 11 aromatic rings. The van der Waals surface area contributed by atoms with Gasteiger partial charge in [-0.05, 0) is 106 Å². The molecule has 0 saturated heterocycles. The van der Waals surface area contributed by atoms with Gasteiger partial charge in [-0.2, -0.15) is 0 Å². The van der Waals surface area contributed by atoms with Crippen molar-refractivity contribution in [3.63, 3.8) is 0 Å². The van der Waals surface area contributed by atoms with Gasteiger partial charge in [-0.25, -0.2) is 0 Å². The van der Waals surface area contributed by atoms with Gasteiger partial charge >= 0.3 is 0 Å². The molecule has 2 unspecified atom stereocenters. The first-order chi connectivity index (χ1) is 28.3. The van der Waals surface area contributed by atoms with E-state index < -0.39 is 0 Å². The number of aromatic nitrogens is 2. The highest BCUT2D eigenvalue weighted by Crippen LogP contribution is 2.58. The zero-order valence-corrected chi connectivity index (χ0v) is 30.9. The Balaban J connectivity index is 0.946. The van der Waals surface area contributed by atoms with Crippen molar-refractivity contribution in [2.24, 2.45) is 0 Å². The van der Waals surface area contributed by atoms with Gasteiger partial charge in [-0.1, -0.05) is 115 Å². The van der Waals surface area contributed by atoms with Crippen molar-refractivity contribution in [1.29, 1.82) is 0 Å². The van der Waals surface area contributed by atoms with Crippen molar-refractivity contribution >= 4 is 76.8 Å². The maximum atomic E-state index is 2.58. The van der Waals surface area contributed by atoms with Gasteiger partial charge in [0.2, 0.25) is 0 Å². The van der Waals surface area contributed by atoms with E-state index in [9.17, 15) is 0 Å². The number of hydrogen-bond acceptors (Lipinski definition) is 1. The summed E-state index contributed by atoms with van der Waals surface area (Å²) in [6.07, 6.45) is 6.99. The molecule has 264 valence electrons. The highest BCUT2D eigenvalue weighted by Gasteiger charge is 2.46. The van der Waals surface area contributed by atoms with Gasteiger partial charge in [0.05, 0.1) is 33.6 Å². The molecule has 0 saturated carbocycles. The number of para-hydroxylation sites is 4. The lowest BCUT2D eigenvalue weighted by atomic mass is 9.84. The molecular weight excluding hydrogens is 691 g/mol. The van der Waals surface area contributed by atoms with E-state index in [1.807, 2.05) is 0 Å². The first-order valence-corrected chi connectivity index (χ1v) is 20.0. The van der Waals surface area contributed by atoms with Crippen molar-refractivity contribution in [1.82, 2.24) is 8.97 Å². The molecule has 3 heteroatoms. The van der Waals surface area contributed by atoms with Crippen LogP contribution in [0, 0.1) is 0 Å². The standard InChI is InChI=1S/C54H33N3/c1-2-10-36(11-3-1)55-49-24-20-34(32-22-26-51-43(28-32)41-16-8-14-39-37-12-4-6-18-47(37)56(51)53(39)41)30-45(49)46-31-35(21-25-50(46)55)33-23-27-52-44(29-33)42-17-9-15-40-38-13-5-7-19-48(38)57(52)54(40)42/h1-31,41,53H. The van der Waals surface area contributed by atoms with E-state index in [1.165, 1.54) is 116 Å². The van der Waals surface area contributed by atoms with Crippen molar-refractivity contribution in [3.05, 3.63) is 199 Å². The molecule has 0 N–H and O–H groups in total. The summed E-state index contributed by atoms with van der Waals surface area (Å²) < 4.78 is 4.88. The van der Waals surface area contributed by atoms with Crippen LogP contribution in [0.3, 0.4) is 0 Å². The Kier molecular flexibility index (Phi) is 5.61. The molecule has 2 aliphatic heterocycles. The van der Waals surface area contributed by atoms with Crippen LogP contribution in [0.2, 0.25) is 0 Å². The Bertz CT molecular complexity index is 3600. The van der Waals surface area contributed by atoms with Gasteiger partial charge in [0, 0.05) is 60.9 Å². The predicted octanol–water partition coefficient (Wildman–Crippen LogP) is 13.8. The zero-order chi connectivity index (χ0) is 36.9. The van der Waals surface area contributed by atoms with E-state index in [1.54, 1.807) is 0 Å². The van der Waals surface area contributed by atoms with Crippen LogP contribution in [0.25, 0.3) is 93.4 Å². The Hall–Kier alpha value is -7.36. The molecule has 0 spiro atoms. The minimum atomic E-state index is 0.332. The third-order valence-corrected chi connectivity index (χ3v) is 13.3. The van der Waals surface area contributed by atoms with E-state index in [-0.39, 0.29) is 0 Å². The average molecular weight is 724 g/mol. The molecule has 0 radical (unpaired) electrons. The highest BCUT2D eigenvalue weighted by atomic mass is 15.2. The van der Waals surface area contributed by atoms with Crippen LogP contribution in [0.4, 0.5) is 11.4 Å². The minimum absolute atomic E-state index is 0.332. The van der Waals surface area contributed by atoms with Gasteiger partial charge in [0.1, 0.15) is 0 Å². The summed E-state index contributed by atoms with van der Waals surface area (Å²) in [5.41, 5.74) is 19.3. The molecule has 8 aromatic carbocycles. The van der Waals surface area contributed by atoms with Crippen LogP contribution in [-0.4, -0.2) is 15.0 Å². The molecule has 57 heavy (non-hydrogen) atoms. The maximum Gasteiger partial charge on any atom is 0.0702 e. The van der Waals surface area contributed by atoms with Gasteiger partial charge in [-0.3, -0.25) is 0 Å². The van der Waals surface area contributed by atoms with Crippen LogP contribution in [0.15, 0.2) is 188 Å². The first-order valence-electron chi connectivity index (χ1n) is 20.0. The summed E-state index contributed by atoms with van der Waals surface area (Å²) >= 11 is 0. The van der Waals surface area contributed by atoms with Gasteiger partial charge < -0.3 is 13.9 Å². The first kappa shape index (κ1) is 29.9. The average Bonchev–Trinajstić information content (AvgIpc) is 4.06. The Morgan fingerprint density at radius 3 is 1.81 bits per heavy atom. The second-order valence-electron chi connectivity index (χ2n) is 16.1. The number of fused-ring (bicyclic) bond motifs is 15. The van der Waals surface area contributed by atoms with Gasteiger partial charge in [-0.15, -0.1) is 0 Å². The molecule has 5 heterocycles. The van der Waals surface area contributed by atoms with Crippen LogP contribution in [0.5, 0.6) is 0 Å². The smallest absolute Gasteiger partial charge is 0.0702 e. The lowest BCUT2D eigenvalue weighted by molar-refractivity contribution is 0.781. The number of hydrogen-bond donors (Lipinski definition) is 0. The molecule has 3 aromatic heterocycles. The highest BCUT2D eigenvalue weighted by molar-refractivity contribution is 6.23. The quantitative estimate of drug-likeness (QED) is 0.177. The van der Waals surface area contributed by atoms with Crippen molar-refractivity contribution in [2.45, 2.75) is 12.0 Å². The normalized spacial score (nSPS) is 16.8. The summed E-state index contributed by atoms with van der Waals surface area (Å²) in [5.74, 6) is 0.334. The summed E-state index contributed by atoms with van der Waals surface area (Å²) in [4.78, 5) is 2.58. The van der Waals surface area contributed by atoms with E-state index in [0.29, 0.717) is 12.0 Å². The predicted molar refractivity (Wildman–Crippen MR) is 239 cm³/mol. The van der Waals surface area contributed by atoms with E-state index in [4.69, 9.17) is 0 Å². The second kappa shape index (κ2) is 10.7. The zero-order valence-electron chi connectivity index (χ0n) is 30.9. The fourth-order valence-electron chi connectivity index (χ4n) is 10.9. The van der Waals surface area contributed by atoms with Crippen LogP contribution >= 0.6 is 0 Å². The monoisotopic (exact) mass is 723 g/mol. The summed E-state index contributed by atoms with van der Waals surface area (Å²) in [5, 5.41) is 7.76. The fraction of sp³-hybridized carbons (Fsp3) is 0.0370. The molecule has 0 fully saturated rings. The van der Waals surface area contributed by atoms with Crippen molar-refractivity contribution in [3.8, 4) is 27.9 Å². The Morgan fingerprint density at radius 2 is 1.02 bits per heavy atom. The van der Waals surface area contributed by atoms with Crippen LogP contribution in [-0.2, 0) is 0 Å². The lowest BCUT2D eigenvalue weighted by Crippen LogP contribution is -2.25. The fourth-order valence-corrected chi connectivity index (χ4v) is 10.9. The third kappa shape index (κ3) is 3.81. The summed E-state index contributed by atoms with van der Waals surface area (Å²) in [6.45, 7) is 0. The van der Waals surface area contributed by atoms with Crippen molar-refractivity contribution in [2.75, 3.05) is 4.90 Å². The lowest BCUT2D eigenvalue weighted by Gasteiger charge is -2.24. The van der Waals surface area contributed by atoms with Gasteiger partial charge in [0.25, 0.3) is 0 Å². The number of nitrogens with zero attached hydrogens (tertiary/aromatic N) is 3. The van der Waals surface area contributed by atoms with Gasteiger partial charge in [0.15, 0.2) is 0 Å². The summed E-state index contributed by atoms with van der Waals surface area (Å²) in [7, 11) is 0. The van der Waals surface area contributed by atoms with E-state index in [0.717, 1.165) is 0 Å². The minimum Gasteiger partial charge on any atom is -0.332 e. The SMILES string of the molecule is C1=CC2c3cc(-c4ccc5c(c4)c4cc(-c6ccc7c(c6)c6cccc8c9ccccc9n7c86)ccc4n5-c4ccccc4)ccc3N3c4ccccc4C(=C1)C23. The topological polar surface area (TPSA) is 12.6 Å². The molecule has 1 aliphatic carbocycles. The number of allylic oxidation sites excluding steroid dienone is 2. The van der Waals surface area contributed by atoms with E-state index >= 15 is 0 Å². The number of anilines is 2. The number of rotatable bonds is 3. The van der Waals surface area contributed by atoms with Crippen LogP contribution in [0.1, 0.15) is 17.0 Å².